The first-order valence-corrected chi connectivity index (χ1v) is 13.1. The van der Waals surface area contributed by atoms with E-state index in [1.54, 1.807) is 18.3 Å². The van der Waals surface area contributed by atoms with E-state index >= 15 is 0 Å². The maximum atomic E-state index is 13.7. The number of hydrogen-bond donors (Lipinski definition) is 2. The number of nitro benzene ring substituents is 1. The minimum absolute atomic E-state index is 0.000136. The van der Waals surface area contributed by atoms with Crippen LogP contribution >= 0.6 is 11.3 Å². The summed E-state index contributed by atoms with van der Waals surface area (Å²) in [7, 11) is 1.28. The van der Waals surface area contributed by atoms with Crippen molar-refractivity contribution in [2.75, 3.05) is 20.3 Å². The Bertz CT molecular complexity index is 1310. The van der Waals surface area contributed by atoms with Gasteiger partial charge in [0.15, 0.2) is 11.5 Å². The van der Waals surface area contributed by atoms with E-state index in [0.29, 0.717) is 23.4 Å². The minimum Gasteiger partial charge on any atom is -0.500 e. The van der Waals surface area contributed by atoms with Gasteiger partial charge in [-0.1, -0.05) is 6.07 Å². The summed E-state index contributed by atoms with van der Waals surface area (Å²) in [6.45, 7) is 5.64. The Hall–Kier alpha value is -3.70. The first kappa shape index (κ1) is 27.3. The van der Waals surface area contributed by atoms with E-state index in [0.717, 1.165) is 4.88 Å². The van der Waals surface area contributed by atoms with Crippen LogP contribution in [-0.2, 0) is 19.1 Å². The van der Waals surface area contributed by atoms with Gasteiger partial charge < -0.3 is 24.6 Å². The van der Waals surface area contributed by atoms with Crippen molar-refractivity contribution in [3.05, 3.63) is 72.7 Å². The lowest BCUT2D eigenvalue weighted by molar-refractivity contribution is -0.386. The summed E-state index contributed by atoms with van der Waals surface area (Å²) in [5, 5.41) is 27.3. The number of thiophene rings is 1. The molecule has 0 saturated heterocycles. The van der Waals surface area contributed by atoms with Crippen LogP contribution in [0.5, 0.6) is 11.5 Å². The third-order valence-electron chi connectivity index (χ3n) is 6.59. The molecule has 0 fully saturated rings. The highest BCUT2D eigenvalue weighted by Gasteiger charge is 2.42. The molecule has 11 heteroatoms. The van der Waals surface area contributed by atoms with Gasteiger partial charge in [0.25, 0.3) is 0 Å². The SMILES string of the molecule is COc1cc([C@@H]2C(C(=O)OCCOC(C)C)=C(C)NC3=C2C(=O)C[C@H](c2cccs2)C3)cc([N+](=O)[O-])c1O. The number of carbonyl (C=O) groups is 2. The molecule has 0 amide bonds. The number of aromatic hydroxyl groups is 1. The third-order valence-corrected chi connectivity index (χ3v) is 7.62. The molecule has 1 aliphatic heterocycles. The van der Waals surface area contributed by atoms with E-state index < -0.39 is 28.2 Å². The largest absolute Gasteiger partial charge is 0.500 e. The van der Waals surface area contributed by atoms with Gasteiger partial charge in [-0.2, -0.15) is 0 Å². The quantitative estimate of drug-likeness (QED) is 0.200. The van der Waals surface area contributed by atoms with E-state index in [4.69, 9.17) is 14.2 Å². The Kier molecular flexibility index (Phi) is 8.17. The molecule has 2 atom stereocenters. The summed E-state index contributed by atoms with van der Waals surface area (Å²) >= 11 is 1.58. The molecule has 202 valence electrons. The molecule has 2 aliphatic rings. The van der Waals surface area contributed by atoms with Gasteiger partial charge in [0.2, 0.25) is 5.75 Å². The van der Waals surface area contributed by atoms with Crippen molar-refractivity contribution < 1.29 is 33.8 Å². The number of ether oxygens (including phenoxy) is 3. The zero-order chi connectivity index (χ0) is 27.6. The van der Waals surface area contributed by atoms with Crippen molar-refractivity contribution >= 4 is 28.8 Å². The number of dihydropyridines is 1. The van der Waals surface area contributed by atoms with Crippen molar-refractivity contribution in [1.29, 1.82) is 0 Å². The zero-order valence-electron chi connectivity index (χ0n) is 21.6. The van der Waals surface area contributed by atoms with Crippen LogP contribution in [0.25, 0.3) is 0 Å². The standard InChI is InChI=1S/C27H30N2O8S/c1-14(2)36-7-8-37-27(32)23-15(3)28-18-10-16(22-6-5-9-38-22)12-20(30)25(18)24(23)17-11-19(29(33)34)26(31)21(13-17)35-4/h5-6,9,11,13-14,16,24,28,31H,7-8,10,12H2,1-4H3/t16-,24-/m1/s1. The van der Waals surface area contributed by atoms with Crippen molar-refractivity contribution in [2.24, 2.45) is 0 Å². The number of esters is 1. The molecule has 10 nitrogen and oxygen atoms in total. The first-order valence-electron chi connectivity index (χ1n) is 12.2. The van der Waals surface area contributed by atoms with Gasteiger partial charge in [0.05, 0.1) is 30.3 Å². The van der Waals surface area contributed by atoms with Crippen LogP contribution in [0.15, 0.2) is 52.2 Å². The minimum atomic E-state index is -0.949. The fourth-order valence-electron chi connectivity index (χ4n) is 4.94. The summed E-state index contributed by atoms with van der Waals surface area (Å²) in [5.74, 6) is -2.57. The number of nitrogens with zero attached hydrogens (tertiary/aromatic N) is 1. The molecular formula is C27H30N2O8S. The summed E-state index contributed by atoms with van der Waals surface area (Å²) in [6, 6.07) is 6.53. The van der Waals surface area contributed by atoms with Gasteiger partial charge in [0.1, 0.15) is 6.61 Å². The highest BCUT2D eigenvalue weighted by molar-refractivity contribution is 7.10. The van der Waals surface area contributed by atoms with E-state index in [2.05, 4.69) is 5.32 Å². The average Bonchev–Trinajstić information content (AvgIpc) is 3.40. The smallest absolute Gasteiger partial charge is 0.336 e. The number of methoxy groups -OCH3 is 1. The third kappa shape index (κ3) is 5.44. The lowest BCUT2D eigenvalue weighted by Crippen LogP contribution is -2.36. The number of benzene rings is 1. The van der Waals surface area contributed by atoms with Crippen molar-refractivity contribution in [2.45, 2.75) is 51.6 Å². The van der Waals surface area contributed by atoms with Crippen LogP contribution < -0.4 is 10.1 Å². The van der Waals surface area contributed by atoms with Crippen molar-refractivity contribution in [3.63, 3.8) is 0 Å². The number of carbonyl (C=O) groups excluding carboxylic acids is 2. The average molecular weight is 543 g/mol. The number of phenolic OH excluding ortho intramolecular Hbond substituents is 1. The Morgan fingerprint density at radius 3 is 2.68 bits per heavy atom. The zero-order valence-corrected chi connectivity index (χ0v) is 22.4. The number of nitro groups is 1. The molecule has 2 aromatic rings. The van der Waals surface area contributed by atoms with E-state index in [1.165, 1.54) is 19.2 Å². The van der Waals surface area contributed by atoms with Crippen LogP contribution in [0.1, 0.15) is 55.9 Å². The number of allylic oxidation sites excluding steroid dienone is 3. The molecule has 1 aromatic heterocycles. The molecule has 0 saturated carbocycles. The van der Waals surface area contributed by atoms with E-state index in [9.17, 15) is 24.8 Å². The second kappa shape index (κ2) is 11.4. The van der Waals surface area contributed by atoms with Crippen LogP contribution in [-0.4, -0.2) is 48.2 Å². The second-order valence-electron chi connectivity index (χ2n) is 9.44. The summed E-state index contributed by atoms with van der Waals surface area (Å²) in [6.07, 6.45) is 0.739. The van der Waals surface area contributed by atoms with E-state index in [-0.39, 0.29) is 54.3 Å². The molecule has 0 unspecified atom stereocenters. The fourth-order valence-corrected chi connectivity index (χ4v) is 5.77. The van der Waals surface area contributed by atoms with Gasteiger partial charge in [-0.05, 0) is 50.3 Å². The Balaban J connectivity index is 1.80. The molecular weight excluding hydrogens is 512 g/mol. The van der Waals surface area contributed by atoms with Crippen molar-refractivity contribution in [3.8, 4) is 11.5 Å². The number of nitrogens with one attached hydrogen (secondary N) is 1. The topological polar surface area (TPSA) is 137 Å². The number of phenols is 1. The lowest BCUT2D eigenvalue weighted by Gasteiger charge is -2.36. The normalized spacial score (nSPS) is 19.3. The molecule has 2 heterocycles. The van der Waals surface area contributed by atoms with Gasteiger partial charge in [0, 0.05) is 46.2 Å². The Morgan fingerprint density at radius 2 is 2.05 bits per heavy atom. The highest BCUT2D eigenvalue weighted by Crippen LogP contribution is 2.49. The van der Waals surface area contributed by atoms with Crippen LogP contribution in [0.4, 0.5) is 5.69 Å². The Labute approximate surface area is 224 Å². The predicted octanol–water partition coefficient (Wildman–Crippen LogP) is 4.70. The molecule has 1 aromatic carbocycles. The maximum Gasteiger partial charge on any atom is 0.336 e. The van der Waals surface area contributed by atoms with Crippen molar-refractivity contribution in [1.82, 2.24) is 5.32 Å². The second-order valence-corrected chi connectivity index (χ2v) is 10.4. The highest BCUT2D eigenvalue weighted by atomic mass is 32.1. The van der Waals surface area contributed by atoms with Gasteiger partial charge >= 0.3 is 11.7 Å². The molecule has 2 N–H and O–H groups in total. The molecule has 0 radical (unpaired) electrons. The Morgan fingerprint density at radius 1 is 1.29 bits per heavy atom. The lowest BCUT2D eigenvalue weighted by atomic mass is 9.72. The van der Waals surface area contributed by atoms with Gasteiger partial charge in [-0.3, -0.25) is 14.9 Å². The number of hydrogen-bond acceptors (Lipinski definition) is 10. The summed E-state index contributed by atoms with van der Waals surface area (Å²) in [4.78, 5) is 39.1. The number of Topliss-reactive ketones (excluding diaryl/α,β-unsaturated/α-hetero) is 1. The number of ketones is 1. The summed E-state index contributed by atoms with van der Waals surface area (Å²) in [5.41, 5.74) is 1.35. The number of rotatable bonds is 9. The molecule has 0 spiro atoms. The maximum absolute atomic E-state index is 13.7. The van der Waals surface area contributed by atoms with E-state index in [1.807, 2.05) is 31.4 Å². The predicted molar refractivity (Wildman–Crippen MR) is 140 cm³/mol. The first-order chi connectivity index (χ1) is 18.1. The molecule has 4 rings (SSSR count). The van der Waals surface area contributed by atoms with Crippen LogP contribution in [0.2, 0.25) is 0 Å². The van der Waals surface area contributed by atoms with Gasteiger partial charge in [-0.15, -0.1) is 11.3 Å². The molecule has 0 bridgehead atoms. The molecule has 1 aliphatic carbocycles. The van der Waals surface area contributed by atoms with Crippen LogP contribution in [0, 0.1) is 10.1 Å². The monoisotopic (exact) mass is 542 g/mol. The fraction of sp³-hybridized carbons (Fsp3) is 0.407. The molecule has 38 heavy (non-hydrogen) atoms. The van der Waals surface area contributed by atoms with Crippen LogP contribution in [0.3, 0.4) is 0 Å². The summed E-state index contributed by atoms with van der Waals surface area (Å²) < 4.78 is 16.2. The van der Waals surface area contributed by atoms with Gasteiger partial charge in [-0.25, -0.2) is 4.79 Å².